The maximum atomic E-state index is 13.1. The molecule has 1 fully saturated rings. The number of fused-ring (bicyclic) bond motifs is 2. The Morgan fingerprint density at radius 1 is 0.980 bits per heavy atom. The summed E-state index contributed by atoms with van der Waals surface area (Å²) in [6.07, 6.45) is 3.62. The number of aromatic nitrogens is 5. The average Bonchev–Trinajstić information content (AvgIpc) is 3.92. The number of imide groups is 1. The largest absolute Gasteiger partial charge is 0.454 e. The van der Waals surface area contributed by atoms with Crippen LogP contribution < -0.4 is 20.1 Å². The highest BCUT2D eigenvalue weighted by atomic mass is 16.7. The number of amides is 4. The van der Waals surface area contributed by atoms with Crippen LogP contribution in [0.4, 0.5) is 5.69 Å². The summed E-state index contributed by atoms with van der Waals surface area (Å²) in [6.45, 7) is 0.400. The molecule has 1 atom stereocenters. The lowest BCUT2D eigenvalue weighted by molar-refractivity contribution is -0.137. The average molecular weight is 659 g/mol. The molecule has 3 aromatic carbocycles. The number of hydrogen-bond donors (Lipinski definition) is 3. The van der Waals surface area contributed by atoms with Crippen molar-refractivity contribution in [3.8, 4) is 39.7 Å². The van der Waals surface area contributed by atoms with Crippen molar-refractivity contribution >= 4 is 29.3 Å². The third kappa shape index (κ3) is 5.88. The normalized spacial score (nSPS) is 16.5. The number of carbonyl (C=O) groups excluding carboxylic acids is 4. The molecule has 14 nitrogen and oxygen atoms in total. The molecule has 5 heterocycles. The summed E-state index contributed by atoms with van der Waals surface area (Å²) in [6, 6.07) is 20.0. The number of ether oxygens (including phenoxy) is 2. The summed E-state index contributed by atoms with van der Waals surface area (Å²) in [4.78, 5) is 51.5. The van der Waals surface area contributed by atoms with Gasteiger partial charge in [0, 0.05) is 47.3 Å². The maximum Gasteiger partial charge on any atom is 0.255 e. The molecule has 2 aromatic heterocycles. The van der Waals surface area contributed by atoms with Gasteiger partial charge in [0.15, 0.2) is 11.5 Å². The van der Waals surface area contributed by atoms with Crippen molar-refractivity contribution in [1.82, 2.24) is 35.4 Å². The highest BCUT2D eigenvalue weighted by Gasteiger charge is 2.40. The van der Waals surface area contributed by atoms with E-state index in [0.717, 1.165) is 39.6 Å². The number of piperidine rings is 1. The van der Waals surface area contributed by atoms with Crippen LogP contribution in [0.25, 0.3) is 28.2 Å². The van der Waals surface area contributed by atoms with Crippen molar-refractivity contribution in [1.29, 1.82) is 0 Å². The van der Waals surface area contributed by atoms with Crippen LogP contribution in [-0.2, 0) is 27.3 Å². The van der Waals surface area contributed by atoms with Crippen LogP contribution in [0, 0.1) is 0 Å². The molecule has 0 spiro atoms. The van der Waals surface area contributed by atoms with Crippen LogP contribution >= 0.6 is 0 Å². The minimum absolute atomic E-state index is 0.177. The van der Waals surface area contributed by atoms with Gasteiger partial charge in [0.1, 0.15) is 6.04 Å². The Labute approximate surface area is 279 Å². The number of H-pyrrole nitrogens is 1. The smallest absolute Gasteiger partial charge is 0.255 e. The minimum atomic E-state index is -0.720. The monoisotopic (exact) mass is 658 g/mol. The zero-order chi connectivity index (χ0) is 33.5. The Morgan fingerprint density at radius 3 is 2.76 bits per heavy atom. The van der Waals surface area contributed by atoms with Gasteiger partial charge < -0.3 is 19.7 Å². The van der Waals surface area contributed by atoms with E-state index in [4.69, 9.17) is 9.47 Å². The quantitative estimate of drug-likeness (QED) is 0.199. The van der Waals surface area contributed by atoms with Crippen molar-refractivity contribution in [3.05, 3.63) is 89.7 Å². The van der Waals surface area contributed by atoms with Crippen molar-refractivity contribution < 1.29 is 28.7 Å². The molecule has 0 radical (unpaired) electrons. The minimum Gasteiger partial charge on any atom is -0.454 e. The molecule has 3 aliphatic rings. The predicted octanol–water partition coefficient (Wildman–Crippen LogP) is 3.78. The molecule has 8 rings (SSSR count). The SMILES string of the molecule is O=C1CC[C@H](N2Cc3c(NC(=O)CCCc4cn(-c5cccc(-c6cc(-c7ccc8c(c7)OCO8)[nH]n6)c5)nn4)cccc3C2=O)C(=O)N1. The van der Waals surface area contributed by atoms with E-state index in [2.05, 4.69) is 31.1 Å². The summed E-state index contributed by atoms with van der Waals surface area (Å²) >= 11 is 0. The molecule has 0 saturated carbocycles. The Balaban J connectivity index is 0.873. The van der Waals surface area contributed by atoms with Gasteiger partial charge in [0.2, 0.25) is 24.5 Å². The number of carbonyl (C=O) groups is 4. The topological polar surface area (TPSA) is 173 Å². The molecule has 0 aliphatic carbocycles. The van der Waals surface area contributed by atoms with E-state index < -0.39 is 11.9 Å². The van der Waals surface area contributed by atoms with Crippen LogP contribution in [0.3, 0.4) is 0 Å². The maximum absolute atomic E-state index is 13.1. The van der Waals surface area contributed by atoms with Gasteiger partial charge >= 0.3 is 0 Å². The van der Waals surface area contributed by atoms with E-state index >= 15 is 0 Å². The first kappa shape index (κ1) is 30.1. The zero-order valence-electron chi connectivity index (χ0n) is 26.1. The molecule has 49 heavy (non-hydrogen) atoms. The summed E-state index contributed by atoms with van der Waals surface area (Å²) in [7, 11) is 0. The highest BCUT2D eigenvalue weighted by Crippen LogP contribution is 2.36. The zero-order valence-corrected chi connectivity index (χ0v) is 26.1. The molecule has 0 bridgehead atoms. The number of rotatable bonds is 9. The second-order valence-electron chi connectivity index (χ2n) is 12.1. The highest BCUT2D eigenvalue weighted by molar-refractivity contribution is 6.06. The van der Waals surface area contributed by atoms with Crippen molar-refractivity contribution in [3.63, 3.8) is 0 Å². The van der Waals surface area contributed by atoms with Gasteiger partial charge in [0.05, 0.1) is 29.0 Å². The third-order valence-corrected chi connectivity index (χ3v) is 8.90. The van der Waals surface area contributed by atoms with Crippen LogP contribution in [0.2, 0.25) is 0 Å². The van der Waals surface area contributed by atoms with Crippen LogP contribution in [0.15, 0.2) is 72.9 Å². The Morgan fingerprint density at radius 2 is 1.86 bits per heavy atom. The van der Waals surface area contributed by atoms with Gasteiger partial charge in [-0.25, -0.2) is 4.68 Å². The molecule has 3 aliphatic heterocycles. The van der Waals surface area contributed by atoms with E-state index in [1.54, 1.807) is 22.9 Å². The summed E-state index contributed by atoms with van der Waals surface area (Å²) in [5, 5.41) is 21.5. The Bertz CT molecular complexity index is 2140. The van der Waals surface area contributed by atoms with Crippen LogP contribution in [0.5, 0.6) is 11.5 Å². The van der Waals surface area contributed by atoms with Gasteiger partial charge in [-0.15, -0.1) is 5.10 Å². The predicted molar refractivity (Wildman–Crippen MR) is 175 cm³/mol. The van der Waals surface area contributed by atoms with Crippen molar-refractivity contribution in [2.75, 3.05) is 12.1 Å². The molecule has 3 N–H and O–H groups in total. The van der Waals surface area contributed by atoms with E-state index in [0.29, 0.717) is 35.4 Å². The second kappa shape index (κ2) is 12.4. The van der Waals surface area contributed by atoms with Gasteiger partial charge in [-0.1, -0.05) is 23.4 Å². The van der Waals surface area contributed by atoms with Gasteiger partial charge in [-0.05, 0) is 67.8 Å². The standard InChI is InChI=1S/C35H30N8O6/c44-32(36-26-8-3-7-24-25(26)18-42(35(24)47)29-11-13-33(45)37-34(29)46)9-2-5-22-17-43(41-38-22)23-6-1-4-20(14-23)27-16-28(40-39-27)21-10-12-30-31(15-21)49-19-48-30/h1,3-4,6-8,10,12,14-17,29H,2,5,9,11,13,18-19H2,(H,36,44)(H,39,40)(H,37,45,46)/t29-/m0/s1. The van der Waals surface area contributed by atoms with E-state index in [9.17, 15) is 19.2 Å². The van der Waals surface area contributed by atoms with Crippen molar-refractivity contribution in [2.24, 2.45) is 0 Å². The van der Waals surface area contributed by atoms with Crippen LogP contribution in [0.1, 0.15) is 47.3 Å². The fourth-order valence-electron chi connectivity index (χ4n) is 6.37. The van der Waals surface area contributed by atoms with Crippen LogP contribution in [-0.4, -0.2) is 66.6 Å². The first-order chi connectivity index (χ1) is 23.9. The molecular weight excluding hydrogens is 628 g/mol. The molecule has 4 amide bonds. The van der Waals surface area contributed by atoms with E-state index in [1.165, 1.54) is 4.90 Å². The number of benzene rings is 3. The Kier molecular flexibility index (Phi) is 7.59. The van der Waals surface area contributed by atoms with Crippen molar-refractivity contribution in [2.45, 2.75) is 44.7 Å². The molecule has 0 unspecified atom stereocenters. The second-order valence-corrected chi connectivity index (χ2v) is 12.1. The fraction of sp³-hybridized carbons (Fsp3) is 0.229. The molecule has 5 aromatic rings. The first-order valence-corrected chi connectivity index (χ1v) is 15.9. The number of nitrogens with zero attached hydrogens (tertiary/aromatic N) is 5. The van der Waals surface area contributed by atoms with Gasteiger partial charge in [0.25, 0.3) is 5.91 Å². The number of aromatic amines is 1. The van der Waals surface area contributed by atoms with Gasteiger partial charge in [-0.2, -0.15) is 5.10 Å². The molecule has 1 saturated heterocycles. The first-order valence-electron chi connectivity index (χ1n) is 15.9. The lowest BCUT2D eigenvalue weighted by Gasteiger charge is -2.29. The third-order valence-electron chi connectivity index (χ3n) is 8.90. The number of hydrogen-bond acceptors (Lipinski definition) is 9. The Hall–Kier alpha value is -6.31. The van der Waals surface area contributed by atoms with E-state index in [1.807, 2.05) is 54.7 Å². The number of anilines is 1. The van der Waals surface area contributed by atoms with Gasteiger partial charge in [-0.3, -0.25) is 29.6 Å². The summed E-state index contributed by atoms with van der Waals surface area (Å²) < 4.78 is 12.6. The molecular formula is C35H30N8O6. The fourth-order valence-corrected chi connectivity index (χ4v) is 6.37. The number of nitrogens with one attached hydrogen (secondary N) is 3. The lowest BCUT2D eigenvalue weighted by atomic mass is 10.0. The molecule has 246 valence electrons. The summed E-state index contributed by atoms with van der Waals surface area (Å²) in [5.41, 5.74) is 6.68. The lowest BCUT2D eigenvalue weighted by Crippen LogP contribution is -2.52. The molecule has 14 heteroatoms. The van der Waals surface area contributed by atoms with E-state index in [-0.39, 0.29) is 50.3 Å². The summed E-state index contributed by atoms with van der Waals surface area (Å²) in [5.74, 6) is 0.132. The number of aryl methyl sites for hydroxylation is 1.